The van der Waals surface area contributed by atoms with Gasteiger partial charge in [0.2, 0.25) is 0 Å². The van der Waals surface area contributed by atoms with Crippen molar-refractivity contribution in [1.29, 1.82) is 0 Å². The van der Waals surface area contributed by atoms with Crippen molar-refractivity contribution >= 4 is 0 Å². The Morgan fingerprint density at radius 1 is 1.33 bits per heavy atom. The number of ether oxygens (including phenoxy) is 1. The zero-order valence-corrected chi connectivity index (χ0v) is 10.1. The normalized spacial score (nSPS) is 20.0. The van der Waals surface area contributed by atoms with Crippen LogP contribution in [0, 0.1) is 0 Å². The number of likely N-dealkylation sites (tertiary alicyclic amines) is 1. The van der Waals surface area contributed by atoms with Gasteiger partial charge in [0, 0.05) is 32.8 Å². The van der Waals surface area contributed by atoms with E-state index in [4.69, 9.17) is 10.5 Å². The van der Waals surface area contributed by atoms with Gasteiger partial charge < -0.3 is 20.3 Å². The monoisotopic (exact) mass is 215 g/mol. The largest absolute Gasteiger partial charge is 0.383 e. The second-order valence-electron chi connectivity index (χ2n) is 4.48. The van der Waals surface area contributed by atoms with Gasteiger partial charge in [-0.25, -0.2) is 0 Å². The summed E-state index contributed by atoms with van der Waals surface area (Å²) in [4.78, 5) is 4.82. The number of rotatable bonds is 6. The summed E-state index contributed by atoms with van der Waals surface area (Å²) < 4.78 is 5.05. The fourth-order valence-corrected chi connectivity index (χ4v) is 1.85. The second-order valence-corrected chi connectivity index (χ2v) is 4.48. The molecule has 0 amide bonds. The van der Waals surface area contributed by atoms with E-state index >= 15 is 0 Å². The van der Waals surface area contributed by atoms with E-state index in [9.17, 15) is 0 Å². The van der Waals surface area contributed by atoms with Crippen molar-refractivity contribution in [3.63, 3.8) is 0 Å². The molecule has 0 aromatic heterocycles. The standard InChI is InChI=1S/C11H25N3O/c1-13(9-10-15-2)7-8-14-5-3-11(12)4-6-14/h11H,3-10,12H2,1-2H3. The first-order valence-corrected chi connectivity index (χ1v) is 5.88. The first-order chi connectivity index (χ1) is 7.22. The summed E-state index contributed by atoms with van der Waals surface area (Å²) in [5, 5.41) is 0. The fourth-order valence-electron chi connectivity index (χ4n) is 1.85. The number of likely N-dealkylation sites (N-methyl/N-ethyl adjacent to an activating group) is 1. The van der Waals surface area contributed by atoms with E-state index in [1.807, 2.05) is 0 Å². The fraction of sp³-hybridized carbons (Fsp3) is 1.00. The molecule has 0 unspecified atom stereocenters. The summed E-state index contributed by atoms with van der Waals surface area (Å²) in [6.45, 7) is 6.45. The minimum Gasteiger partial charge on any atom is -0.383 e. The molecular formula is C11H25N3O. The first kappa shape index (κ1) is 12.9. The number of piperidine rings is 1. The molecule has 2 N–H and O–H groups in total. The molecule has 1 aliphatic heterocycles. The van der Waals surface area contributed by atoms with Crippen LogP contribution in [0.3, 0.4) is 0 Å². The van der Waals surface area contributed by atoms with Crippen LogP contribution in [0.1, 0.15) is 12.8 Å². The lowest BCUT2D eigenvalue weighted by Gasteiger charge is -2.31. The van der Waals surface area contributed by atoms with Crippen molar-refractivity contribution in [3.05, 3.63) is 0 Å². The molecule has 0 spiro atoms. The molecule has 1 fully saturated rings. The predicted molar refractivity (Wildman–Crippen MR) is 63.0 cm³/mol. The van der Waals surface area contributed by atoms with E-state index in [0.717, 1.165) is 39.1 Å². The lowest BCUT2D eigenvalue weighted by molar-refractivity contribution is 0.143. The van der Waals surface area contributed by atoms with Crippen molar-refractivity contribution in [3.8, 4) is 0 Å². The van der Waals surface area contributed by atoms with Gasteiger partial charge >= 0.3 is 0 Å². The number of hydrogen-bond donors (Lipinski definition) is 1. The highest BCUT2D eigenvalue weighted by molar-refractivity contribution is 4.74. The molecular weight excluding hydrogens is 190 g/mol. The third-order valence-corrected chi connectivity index (χ3v) is 3.11. The molecule has 1 saturated heterocycles. The highest BCUT2D eigenvalue weighted by Crippen LogP contribution is 2.07. The molecule has 1 rings (SSSR count). The Hall–Kier alpha value is -0.160. The Balaban J connectivity index is 2.04. The van der Waals surface area contributed by atoms with E-state index in [1.165, 1.54) is 13.1 Å². The van der Waals surface area contributed by atoms with Gasteiger partial charge in [-0.1, -0.05) is 0 Å². The van der Waals surface area contributed by atoms with Crippen LogP contribution >= 0.6 is 0 Å². The van der Waals surface area contributed by atoms with Gasteiger partial charge in [0.25, 0.3) is 0 Å². The van der Waals surface area contributed by atoms with Crippen molar-refractivity contribution in [2.75, 3.05) is 53.5 Å². The average Bonchev–Trinajstić information content (AvgIpc) is 2.25. The highest BCUT2D eigenvalue weighted by Gasteiger charge is 2.15. The zero-order valence-electron chi connectivity index (χ0n) is 10.1. The van der Waals surface area contributed by atoms with E-state index in [2.05, 4.69) is 16.8 Å². The van der Waals surface area contributed by atoms with Crippen molar-refractivity contribution in [2.45, 2.75) is 18.9 Å². The maximum absolute atomic E-state index is 5.87. The SMILES string of the molecule is COCCN(C)CCN1CCC(N)CC1. The molecule has 0 radical (unpaired) electrons. The number of nitrogens with zero attached hydrogens (tertiary/aromatic N) is 2. The summed E-state index contributed by atoms with van der Waals surface area (Å²) >= 11 is 0. The van der Waals surface area contributed by atoms with Gasteiger partial charge in [0.1, 0.15) is 0 Å². The molecule has 15 heavy (non-hydrogen) atoms. The van der Waals surface area contributed by atoms with Crippen LogP contribution in [0.2, 0.25) is 0 Å². The van der Waals surface area contributed by atoms with Crippen LogP contribution in [-0.2, 0) is 4.74 Å². The Labute approximate surface area is 93.4 Å². The summed E-state index contributed by atoms with van der Waals surface area (Å²) in [5.74, 6) is 0. The molecule has 90 valence electrons. The molecule has 0 aromatic rings. The minimum atomic E-state index is 0.437. The van der Waals surface area contributed by atoms with Gasteiger partial charge in [0.15, 0.2) is 0 Å². The van der Waals surface area contributed by atoms with Crippen LogP contribution in [0.5, 0.6) is 0 Å². The van der Waals surface area contributed by atoms with E-state index in [-0.39, 0.29) is 0 Å². The minimum absolute atomic E-state index is 0.437. The van der Waals surface area contributed by atoms with Crippen LogP contribution in [0.25, 0.3) is 0 Å². The molecule has 0 saturated carbocycles. The highest BCUT2D eigenvalue weighted by atomic mass is 16.5. The summed E-state index contributed by atoms with van der Waals surface area (Å²) in [5.41, 5.74) is 5.87. The molecule has 0 atom stereocenters. The van der Waals surface area contributed by atoms with Crippen LogP contribution in [0.4, 0.5) is 0 Å². The Morgan fingerprint density at radius 3 is 2.60 bits per heavy atom. The van der Waals surface area contributed by atoms with Gasteiger partial charge in [-0.2, -0.15) is 0 Å². The van der Waals surface area contributed by atoms with Crippen LogP contribution < -0.4 is 5.73 Å². The van der Waals surface area contributed by atoms with E-state index < -0.39 is 0 Å². The molecule has 4 nitrogen and oxygen atoms in total. The Kier molecular flexibility index (Phi) is 6.17. The predicted octanol–water partition coefficient (Wildman–Crippen LogP) is -0.0123. The van der Waals surface area contributed by atoms with Crippen molar-refractivity contribution in [1.82, 2.24) is 9.80 Å². The Morgan fingerprint density at radius 2 is 2.00 bits per heavy atom. The van der Waals surface area contributed by atoms with E-state index in [0.29, 0.717) is 6.04 Å². The number of hydrogen-bond acceptors (Lipinski definition) is 4. The zero-order chi connectivity index (χ0) is 11.1. The molecule has 0 bridgehead atoms. The maximum atomic E-state index is 5.87. The number of methoxy groups -OCH3 is 1. The Bertz CT molecular complexity index is 158. The van der Waals surface area contributed by atoms with Gasteiger partial charge in [0.05, 0.1) is 6.61 Å². The smallest absolute Gasteiger partial charge is 0.0589 e. The topological polar surface area (TPSA) is 41.7 Å². The van der Waals surface area contributed by atoms with Gasteiger partial charge in [-0.3, -0.25) is 0 Å². The summed E-state index contributed by atoms with van der Waals surface area (Å²) in [7, 11) is 3.90. The molecule has 0 aliphatic carbocycles. The molecule has 4 heteroatoms. The van der Waals surface area contributed by atoms with E-state index in [1.54, 1.807) is 7.11 Å². The van der Waals surface area contributed by atoms with Gasteiger partial charge in [-0.05, 0) is 33.0 Å². The first-order valence-electron chi connectivity index (χ1n) is 5.88. The maximum Gasteiger partial charge on any atom is 0.0589 e. The lowest BCUT2D eigenvalue weighted by Crippen LogP contribution is -2.42. The third kappa shape index (κ3) is 5.47. The summed E-state index contributed by atoms with van der Waals surface area (Å²) in [6, 6.07) is 0.437. The van der Waals surface area contributed by atoms with Crippen LogP contribution in [0.15, 0.2) is 0 Å². The third-order valence-electron chi connectivity index (χ3n) is 3.11. The summed E-state index contributed by atoms with van der Waals surface area (Å²) in [6.07, 6.45) is 2.31. The van der Waals surface area contributed by atoms with Crippen molar-refractivity contribution < 1.29 is 4.74 Å². The molecule has 1 heterocycles. The van der Waals surface area contributed by atoms with Gasteiger partial charge in [-0.15, -0.1) is 0 Å². The average molecular weight is 215 g/mol. The quantitative estimate of drug-likeness (QED) is 0.676. The molecule has 1 aliphatic rings. The number of nitrogens with two attached hydrogens (primary N) is 1. The molecule has 0 aromatic carbocycles. The van der Waals surface area contributed by atoms with Crippen LogP contribution in [-0.4, -0.2) is 69.3 Å². The second kappa shape index (κ2) is 7.17. The van der Waals surface area contributed by atoms with Crippen molar-refractivity contribution in [2.24, 2.45) is 5.73 Å². The lowest BCUT2D eigenvalue weighted by atomic mass is 10.1.